The lowest BCUT2D eigenvalue weighted by atomic mass is 10.1. The highest BCUT2D eigenvalue weighted by Gasteiger charge is 2.08. The third kappa shape index (κ3) is 1.92. The summed E-state index contributed by atoms with van der Waals surface area (Å²) >= 11 is 0. The maximum atomic E-state index is 10.7. The molecule has 0 radical (unpaired) electrons. The molecule has 1 aromatic rings. The lowest BCUT2D eigenvalue weighted by molar-refractivity contribution is 0.0989. The van der Waals surface area contributed by atoms with E-state index in [1.807, 2.05) is 0 Å². The number of carbonyl (C=O) groups excluding carboxylic acids is 2. The normalized spacial score (nSPS) is 9.14. The van der Waals surface area contributed by atoms with Gasteiger partial charge in [-0.1, -0.05) is 0 Å². The number of amides is 2. The molecule has 0 atom stereocenters. The first kappa shape index (κ1) is 9.85. The molecule has 70 valence electrons. The molecule has 1 rings (SSSR count). The lowest BCUT2D eigenvalue weighted by Crippen LogP contribution is -1.97. The van der Waals surface area contributed by atoms with Crippen LogP contribution in [0.4, 0.5) is 0 Å². The number of nitrogens with zero attached hydrogens (tertiary/aromatic N) is 2. The van der Waals surface area contributed by atoms with E-state index in [-0.39, 0.29) is 11.1 Å². The number of carbonyl (C=O) groups is 2. The van der Waals surface area contributed by atoms with Crippen molar-refractivity contribution < 1.29 is 9.59 Å². The Morgan fingerprint density at radius 3 is 1.29 bits per heavy atom. The quantitative estimate of drug-likeness (QED) is 0.663. The highest BCUT2D eigenvalue weighted by molar-refractivity contribution is 5.98. The largest absolute Gasteiger partial charge is 0.316 e. The second kappa shape index (κ2) is 4.13. The van der Waals surface area contributed by atoms with Crippen LogP contribution in [0.15, 0.2) is 34.6 Å². The van der Waals surface area contributed by atoms with Crippen LogP contribution in [-0.2, 0) is 0 Å². The fraction of sp³-hybridized carbons (Fsp3) is 0. The van der Waals surface area contributed by atoms with Gasteiger partial charge in [0.2, 0.25) is 0 Å². The summed E-state index contributed by atoms with van der Waals surface area (Å²) in [4.78, 5) is 41.1. The zero-order valence-corrected chi connectivity index (χ0v) is 6.84. The van der Waals surface area contributed by atoms with E-state index in [1.165, 1.54) is 24.3 Å². The highest BCUT2D eigenvalue weighted by Crippen LogP contribution is 2.06. The minimum atomic E-state index is -0.928. The molecule has 1 aromatic carbocycles. The van der Waals surface area contributed by atoms with Crippen molar-refractivity contribution in [2.75, 3.05) is 0 Å². The number of hydrogen-bond acceptors (Lipinski definition) is 4. The molecule has 0 aromatic heterocycles. The molecule has 14 heavy (non-hydrogen) atoms. The number of nitroso groups, excluding NO2 is 2. The van der Waals surface area contributed by atoms with E-state index in [2.05, 4.69) is 10.4 Å². The van der Waals surface area contributed by atoms with Gasteiger partial charge < -0.3 is 0 Å². The van der Waals surface area contributed by atoms with Gasteiger partial charge in [-0.25, -0.2) is 0 Å². The van der Waals surface area contributed by atoms with E-state index in [4.69, 9.17) is 0 Å². The molecule has 2 amide bonds. The Kier molecular flexibility index (Phi) is 2.90. The van der Waals surface area contributed by atoms with Crippen LogP contribution in [0.25, 0.3) is 0 Å². The van der Waals surface area contributed by atoms with Gasteiger partial charge in [0.25, 0.3) is 0 Å². The summed E-state index contributed by atoms with van der Waals surface area (Å²) in [6.45, 7) is 0. The fourth-order valence-corrected chi connectivity index (χ4v) is 0.861. The van der Waals surface area contributed by atoms with Crippen molar-refractivity contribution in [1.29, 1.82) is 0 Å². The Labute approximate surface area is 77.9 Å². The topological polar surface area (TPSA) is 93.0 Å². The van der Waals surface area contributed by atoms with Gasteiger partial charge in [0.05, 0.1) is 0 Å². The molecule has 6 heteroatoms. The summed E-state index contributed by atoms with van der Waals surface area (Å²) in [7, 11) is 0. The molecular formula is C8H4N2O4. The maximum Gasteiger partial charge on any atom is 0.316 e. The molecule has 0 fully saturated rings. The van der Waals surface area contributed by atoms with E-state index < -0.39 is 11.8 Å². The Balaban J connectivity index is 2.99. The molecule has 0 saturated carbocycles. The van der Waals surface area contributed by atoms with Gasteiger partial charge in [-0.3, -0.25) is 9.59 Å². The summed E-state index contributed by atoms with van der Waals surface area (Å²) in [5.41, 5.74) is 0.116. The molecule has 0 bridgehead atoms. The van der Waals surface area contributed by atoms with Crippen molar-refractivity contribution in [3.05, 3.63) is 45.2 Å². The summed E-state index contributed by atoms with van der Waals surface area (Å²) in [5.74, 6) is -1.86. The van der Waals surface area contributed by atoms with Crippen molar-refractivity contribution in [2.24, 2.45) is 10.4 Å². The minimum absolute atomic E-state index is 0.0578. The molecule has 0 aliphatic carbocycles. The standard InChI is InChI=1S/C8H4N2O4/c11-7(9-13)5-1-2-6(4-3-5)8(12)10-14/h1-4H. The van der Waals surface area contributed by atoms with Crippen LogP contribution in [0, 0.1) is 9.81 Å². The second-order valence-electron chi connectivity index (χ2n) is 2.37. The van der Waals surface area contributed by atoms with Crippen LogP contribution >= 0.6 is 0 Å². The van der Waals surface area contributed by atoms with E-state index in [0.717, 1.165) is 0 Å². The molecular weight excluding hydrogens is 188 g/mol. The molecule has 0 saturated heterocycles. The summed E-state index contributed by atoms with van der Waals surface area (Å²) < 4.78 is 0. The van der Waals surface area contributed by atoms with Gasteiger partial charge in [0, 0.05) is 21.5 Å². The van der Waals surface area contributed by atoms with Gasteiger partial charge >= 0.3 is 11.8 Å². The van der Waals surface area contributed by atoms with Crippen LogP contribution in [0.3, 0.4) is 0 Å². The smallest absolute Gasteiger partial charge is 0.263 e. The summed E-state index contributed by atoms with van der Waals surface area (Å²) in [6, 6.07) is 4.90. The molecule has 0 aliphatic heterocycles. The SMILES string of the molecule is O=NC(=O)c1ccc(C(=O)N=O)cc1. The van der Waals surface area contributed by atoms with E-state index >= 15 is 0 Å². The van der Waals surface area contributed by atoms with E-state index in [9.17, 15) is 19.4 Å². The monoisotopic (exact) mass is 192 g/mol. The van der Waals surface area contributed by atoms with Crippen LogP contribution in [0.1, 0.15) is 20.7 Å². The summed E-state index contributed by atoms with van der Waals surface area (Å²) in [5, 5.41) is 4.39. The zero-order chi connectivity index (χ0) is 10.6. The van der Waals surface area contributed by atoms with Crippen LogP contribution in [-0.4, -0.2) is 11.8 Å². The van der Waals surface area contributed by atoms with Gasteiger partial charge in [-0.05, 0) is 24.3 Å². The molecule has 6 nitrogen and oxygen atoms in total. The van der Waals surface area contributed by atoms with Crippen molar-refractivity contribution >= 4 is 11.8 Å². The third-order valence-electron chi connectivity index (χ3n) is 1.54. The lowest BCUT2D eigenvalue weighted by Gasteiger charge is -1.94. The van der Waals surface area contributed by atoms with Crippen molar-refractivity contribution in [1.82, 2.24) is 0 Å². The first-order valence-corrected chi connectivity index (χ1v) is 3.54. The van der Waals surface area contributed by atoms with Gasteiger partial charge in [0.15, 0.2) is 0 Å². The zero-order valence-electron chi connectivity index (χ0n) is 6.84. The molecule has 0 heterocycles. The Bertz CT molecular complexity index is 357. The number of benzene rings is 1. The average molecular weight is 192 g/mol. The Morgan fingerprint density at radius 1 is 0.786 bits per heavy atom. The predicted octanol–water partition coefficient (Wildman–Crippen LogP) is 1.50. The predicted molar refractivity (Wildman–Crippen MR) is 46.7 cm³/mol. The van der Waals surface area contributed by atoms with Crippen molar-refractivity contribution in [3.8, 4) is 0 Å². The number of hydrogen-bond donors (Lipinski definition) is 0. The van der Waals surface area contributed by atoms with Crippen LogP contribution < -0.4 is 0 Å². The Morgan fingerprint density at radius 2 is 1.07 bits per heavy atom. The molecule has 0 spiro atoms. The highest BCUT2D eigenvalue weighted by atomic mass is 16.3. The van der Waals surface area contributed by atoms with Crippen LogP contribution in [0.5, 0.6) is 0 Å². The summed E-state index contributed by atoms with van der Waals surface area (Å²) in [6.07, 6.45) is 0. The minimum Gasteiger partial charge on any atom is -0.263 e. The van der Waals surface area contributed by atoms with E-state index in [1.54, 1.807) is 0 Å². The second-order valence-corrected chi connectivity index (χ2v) is 2.37. The number of rotatable bonds is 2. The molecule has 0 N–H and O–H groups in total. The van der Waals surface area contributed by atoms with Gasteiger partial charge in [0.1, 0.15) is 0 Å². The van der Waals surface area contributed by atoms with Crippen molar-refractivity contribution in [2.45, 2.75) is 0 Å². The first-order chi connectivity index (χ1) is 6.69. The third-order valence-corrected chi connectivity index (χ3v) is 1.54. The average Bonchev–Trinajstić information content (AvgIpc) is 2.27. The molecule has 0 aliphatic rings. The maximum absolute atomic E-state index is 10.7. The Hall–Kier alpha value is -2.24. The first-order valence-electron chi connectivity index (χ1n) is 3.54. The van der Waals surface area contributed by atoms with Crippen LogP contribution in [0.2, 0.25) is 0 Å². The van der Waals surface area contributed by atoms with E-state index in [0.29, 0.717) is 0 Å². The van der Waals surface area contributed by atoms with Crippen molar-refractivity contribution in [3.63, 3.8) is 0 Å². The van der Waals surface area contributed by atoms with Gasteiger partial charge in [-0.15, -0.1) is 9.81 Å². The molecule has 0 unspecified atom stereocenters. The van der Waals surface area contributed by atoms with Gasteiger partial charge in [-0.2, -0.15) is 0 Å². The fourth-order valence-electron chi connectivity index (χ4n) is 0.861.